The van der Waals surface area contributed by atoms with Gasteiger partial charge in [0.25, 0.3) is 5.91 Å². The Balaban J connectivity index is 2.38. The molecule has 0 bridgehead atoms. The van der Waals surface area contributed by atoms with Crippen LogP contribution in [0.1, 0.15) is 23.7 Å². The van der Waals surface area contributed by atoms with E-state index < -0.39 is 5.92 Å². The molecule has 0 atom stereocenters. The highest BCUT2D eigenvalue weighted by Crippen LogP contribution is 2.15. The quantitative estimate of drug-likeness (QED) is 0.817. The average Bonchev–Trinajstić information content (AvgIpc) is 2.17. The third kappa shape index (κ3) is 4.54. The van der Waals surface area contributed by atoms with Gasteiger partial charge in [-0.05, 0) is 19.1 Å². The third-order valence-electron chi connectivity index (χ3n) is 1.89. The van der Waals surface area contributed by atoms with Gasteiger partial charge in [0.15, 0.2) is 0 Å². The predicted octanol–water partition coefficient (Wildman–Crippen LogP) is 2.46. The Bertz CT molecular complexity index is 319. The van der Waals surface area contributed by atoms with Gasteiger partial charge in [-0.15, -0.1) is 0 Å². The lowest BCUT2D eigenvalue weighted by Gasteiger charge is -2.10. The summed E-state index contributed by atoms with van der Waals surface area (Å²) in [4.78, 5) is 11.4. The third-order valence-corrected chi connectivity index (χ3v) is 1.89. The maximum atomic E-state index is 12.4. The van der Waals surface area contributed by atoms with E-state index in [4.69, 9.17) is 0 Å². The zero-order chi connectivity index (χ0) is 11.3. The molecule has 0 radical (unpaired) electrons. The molecule has 0 unspecified atom stereocenters. The van der Waals surface area contributed by atoms with Gasteiger partial charge in [-0.1, -0.05) is 18.2 Å². The van der Waals surface area contributed by atoms with Gasteiger partial charge in [0.05, 0.1) is 0 Å². The van der Waals surface area contributed by atoms with Crippen LogP contribution in [0.5, 0.6) is 0 Å². The molecular formula is C11H13F2NO. The van der Waals surface area contributed by atoms with Crippen LogP contribution in [0, 0.1) is 0 Å². The van der Waals surface area contributed by atoms with Crippen LogP contribution in [0.25, 0.3) is 0 Å². The Labute approximate surface area is 87.3 Å². The number of rotatable bonds is 4. The van der Waals surface area contributed by atoms with Gasteiger partial charge in [0, 0.05) is 18.5 Å². The Morgan fingerprint density at radius 3 is 2.47 bits per heavy atom. The topological polar surface area (TPSA) is 29.1 Å². The highest BCUT2D eigenvalue weighted by atomic mass is 19.3. The van der Waals surface area contributed by atoms with Crippen molar-refractivity contribution in [2.75, 3.05) is 6.54 Å². The molecule has 4 heteroatoms. The molecule has 0 saturated carbocycles. The summed E-state index contributed by atoms with van der Waals surface area (Å²) in [5.41, 5.74) is 0.483. The van der Waals surface area contributed by atoms with Crippen molar-refractivity contribution in [2.45, 2.75) is 19.3 Å². The van der Waals surface area contributed by atoms with Gasteiger partial charge in [0.2, 0.25) is 5.92 Å². The second-order valence-electron chi connectivity index (χ2n) is 3.44. The minimum absolute atomic E-state index is 0.0166. The number of carbonyl (C=O) groups is 1. The number of benzene rings is 1. The number of nitrogens with one attached hydrogen (secondary N) is 1. The fourth-order valence-corrected chi connectivity index (χ4v) is 1.09. The first-order valence-corrected chi connectivity index (χ1v) is 4.70. The molecule has 82 valence electrons. The molecule has 15 heavy (non-hydrogen) atoms. The summed E-state index contributed by atoms with van der Waals surface area (Å²) >= 11 is 0. The molecule has 0 spiro atoms. The van der Waals surface area contributed by atoms with E-state index in [-0.39, 0.29) is 18.9 Å². The number of amides is 1. The molecule has 2 nitrogen and oxygen atoms in total. The van der Waals surface area contributed by atoms with Crippen LogP contribution < -0.4 is 5.32 Å². The molecule has 0 saturated heterocycles. The lowest BCUT2D eigenvalue weighted by molar-refractivity contribution is 0.0137. The maximum Gasteiger partial charge on any atom is 0.251 e. The van der Waals surface area contributed by atoms with Crippen molar-refractivity contribution in [3.8, 4) is 0 Å². The zero-order valence-electron chi connectivity index (χ0n) is 8.47. The van der Waals surface area contributed by atoms with Crippen molar-refractivity contribution in [2.24, 2.45) is 0 Å². The van der Waals surface area contributed by atoms with Crippen LogP contribution in [0.3, 0.4) is 0 Å². The van der Waals surface area contributed by atoms with E-state index in [1.807, 2.05) is 0 Å². The fourth-order valence-electron chi connectivity index (χ4n) is 1.09. The highest BCUT2D eigenvalue weighted by Gasteiger charge is 2.20. The van der Waals surface area contributed by atoms with E-state index in [0.29, 0.717) is 5.56 Å². The molecule has 0 fully saturated rings. The molecule has 0 aliphatic carbocycles. The van der Waals surface area contributed by atoms with Crippen LogP contribution in [-0.4, -0.2) is 18.4 Å². The van der Waals surface area contributed by atoms with Crippen LogP contribution in [0.15, 0.2) is 30.3 Å². The number of hydrogen-bond acceptors (Lipinski definition) is 1. The monoisotopic (exact) mass is 213 g/mol. The number of alkyl halides is 2. The molecule has 1 N–H and O–H groups in total. The number of hydrogen-bond donors (Lipinski definition) is 1. The first-order valence-electron chi connectivity index (χ1n) is 4.70. The van der Waals surface area contributed by atoms with Gasteiger partial charge < -0.3 is 5.32 Å². The van der Waals surface area contributed by atoms with Gasteiger partial charge in [0.1, 0.15) is 0 Å². The first-order chi connectivity index (χ1) is 6.99. The van der Waals surface area contributed by atoms with Crippen molar-refractivity contribution in [3.63, 3.8) is 0 Å². The van der Waals surface area contributed by atoms with Gasteiger partial charge in [-0.3, -0.25) is 4.79 Å². The van der Waals surface area contributed by atoms with E-state index >= 15 is 0 Å². The summed E-state index contributed by atoms with van der Waals surface area (Å²) in [5, 5.41) is 2.44. The molecular weight excluding hydrogens is 200 g/mol. The summed E-state index contributed by atoms with van der Waals surface area (Å²) in [5.74, 6) is -3.05. The largest absolute Gasteiger partial charge is 0.352 e. The predicted molar refractivity (Wildman–Crippen MR) is 54.0 cm³/mol. The second kappa shape index (κ2) is 4.87. The van der Waals surface area contributed by atoms with Crippen LogP contribution >= 0.6 is 0 Å². The van der Waals surface area contributed by atoms with E-state index in [9.17, 15) is 13.6 Å². The summed E-state index contributed by atoms with van der Waals surface area (Å²) in [6.45, 7) is 0.818. The summed E-state index contributed by atoms with van der Waals surface area (Å²) < 4.78 is 24.8. The average molecular weight is 213 g/mol. The SMILES string of the molecule is CC(F)(F)CCNC(=O)c1ccccc1. The Kier molecular flexibility index (Phi) is 3.77. The zero-order valence-corrected chi connectivity index (χ0v) is 8.47. The van der Waals surface area contributed by atoms with E-state index in [2.05, 4.69) is 5.32 Å². The molecule has 1 aromatic rings. The summed E-state index contributed by atoms with van der Waals surface area (Å²) in [7, 11) is 0. The van der Waals surface area contributed by atoms with Crippen LogP contribution in [-0.2, 0) is 0 Å². The molecule has 1 amide bonds. The fraction of sp³-hybridized carbons (Fsp3) is 0.364. The molecule has 0 aromatic heterocycles. The Morgan fingerprint density at radius 1 is 1.33 bits per heavy atom. The second-order valence-corrected chi connectivity index (χ2v) is 3.44. The van der Waals surface area contributed by atoms with Crippen molar-refractivity contribution in [3.05, 3.63) is 35.9 Å². The van der Waals surface area contributed by atoms with Crippen molar-refractivity contribution < 1.29 is 13.6 Å². The number of carbonyl (C=O) groups excluding carboxylic acids is 1. The Morgan fingerprint density at radius 2 is 1.93 bits per heavy atom. The van der Waals surface area contributed by atoms with Gasteiger partial charge in [-0.25, -0.2) is 8.78 Å². The maximum absolute atomic E-state index is 12.4. The lowest BCUT2D eigenvalue weighted by atomic mass is 10.2. The van der Waals surface area contributed by atoms with Crippen molar-refractivity contribution in [1.82, 2.24) is 5.32 Å². The smallest absolute Gasteiger partial charge is 0.251 e. The van der Waals surface area contributed by atoms with E-state index in [1.165, 1.54) is 0 Å². The summed E-state index contributed by atoms with van der Waals surface area (Å²) in [6, 6.07) is 8.52. The highest BCUT2D eigenvalue weighted by molar-refractivity contribution is 5.94. The van der Waals surface area contributed by atoms with Crippen molar-refractivity contribution >= 4 is 5.91 Å². The molecule has 1 aromatic carbocycles. The van der Waals surface area contributed by atoms with Gasteiger partial charge in [-0.2, -0.15) is 0 Å². The van der Waals surface area contributed by atoms with Gasteiger partial charge >= 0.3 is 0 Å². The normalized spacial score (nSPS) is 11.1. The Hall–Kier alpha value is -1.45. The standard InChI is InChI=1S/C11H13F2NO/c1-11(12,13)7-8-14-10(15)9-5-3-2-4-6-9/h2-6H,7-8H2,1H3,(H,14,15). The van der Waals surface area contributed by atoms with Crippen LogP contribution in [0.4, 0.5) is 8.78 Å². The summed E-state index contributed by atoms with van der Waals surface area (Å²) in [6.07, 6.45) is -0.342. The number of halogens is 2. The minimum Gasteiger partial charge on any atom is -0.352 e. The first kappa shape index (κ1) is 11.6. The molecule has 0 heterocycles. The lowest BCUT2D eigenvalue weighted by Crippen LogP contribution is -2.28. The van der Waals surface area contributed by atoms with E-state index in [1.54, 1.807) is 30.3 Å². The van der Waals surface area contributed by atoms with E-state index in [0.717, 1.165) is 6.92 Å². The van der Waals surface area contributed by atoms with Crippen molar-refractivity contribution in [1.29, 1.82) is 0 Å². The molecule has 1 rings (SSSR count). The van der Waals surface area contributed by atoms with Crippen LogP contribution in [0.2, 0.25) is 0 Å². The minimum atomic E-state index is -2.73. The molecule has 0 aliphatic heterocycles. The molecule has 0 aliphatic rings.